The zero-order valence-electron chi connectivity index (χ0n) is 15.1. The molecule has 0 aliphatic carbocycles. The van der Waals surface area contributed by atoms with E-state index in [0.717, 1.165) is 18.7 Å². The number of aryl methyl sites for hydroxylation is 1. The number of fused-ring (bicyclic) bond motifs is 1. The van der Waals surface area contributed by atoms with Crippen LogP contribution in [0.4, 0.5) is 5.69 Å². The summed E-state index contributed by atoms with van der Waals surface area (Å²) in [6, 6.07) is 10.5. The van der Waals surface area contributed by atoms with Crippen LogP contribution >= 0.6 is 0 Å². The highest BCUT2D eigenvalue weighted by Crippen LogP contribution is 2.32. The largest absolute Gasteiger partial charge is 0.454 e. The van der Waals surface area contributed by atoms with Crippen LogP contribution in [0.1, 0.15) is 26.3 Å². The maximum atomic E-state index is 12.7. The molecule has 2 N–H and O–H groups in total. The number of nitrogens with zero attached hydrogens (tertiary/aromatic N) is 1. The Labute approximate surface area is 157 Å². The fraction of sp³-hybridized carbons (Fsp3) is 0.300. The minimum atomic E-state index is -0.261. The van der Waals surface area contributed by atoms with Gasteiger partial charge >= 0.3 is 0 Å². The SMILES string of the molecule is Cc1ccc(C(=O)N2CCNCC2)cc1NC(=O)c1ccc2c(c1)OCO2. The molecule has 2 aromatic rings. The van der Waals surface area contributed by atoms with Crippen LogP contribution < -0.4 is 20.1 Å². The highest BCUT2D eigenvalue weighted by Gasteiger charge is 2.20. The average molecular weight is 367 g/mol. The molecule has 27 heavy (non-hydrogen) atoms. The molecular formula is C20H21N3O4. The fourth-order valence-electron chi connectivity index (χ4n) is 3.17. The van der Waals surface area contributed by atoms with Gasteiger partial charge in [0.1, 0.15) is 0 Å². The second-order valence-electron chi connectivity index (χ2n) is 6.59. The van der Waals surface area contributed by atoms with Crippen LogP contribution in [-0.4, -0.2) is 49.7 Å². The lowest BCUT2D eigenvalue weighted by Gasteiger charge is -2.27. The third-order valence-corrected chi connectivity index (χ3v) is 4.77. The van der Waals surface area contributed by atoms with Crippen molar-refractivity contribution in [3.63, 3.8) is 0 Å². The van der Waals surface area contributed by atoms with E-state index in [1.54, 1.807) is 30.3 Å². The highest BCUT2D eigenvalue weighted by atomic mass is 16.7. The Morgan fingerprint density at radius 2 is 1.74 bits per heavy atom. The first kappa shape index (κ1) is 17.4. The van der Waals surface area contributed by atoms with E-state index >= 15 is 0 Å². The van der Waals surface area contributed by atoms with Crippen molar-refractivity contribution in [1.29, 1.82) is 0 Å². The van der Waals surface area contributed by atoms with Crippen LogP contribution in [-0.2, 0) is 0 Å². The zero-order chi connectivity index (χ0) is 18.8. The molecule has 2 aromatic carbocycles. The monoisotopic (exact) mass is 367 g/mol. The maximum Gasteiger partial charge on any atom is 0.255 e. The van der Waals surface area contributed by atoms with Crippen molar-refractivity contribution < 1.29 is 19.1 Å². The van der Waals surface area contributed by atoms with E-state index in [1.807, 2.05) is 17.9 Å². The van der Waals surface area contributed by atoms with Crippen LogP contribution in [0.15, 0.2) is 36.4 Å². The molecule has 0 aromatic heterocycles. The van der Waals surface area contributed by atoms with Gasteiger partial charge in [0.15, 0.2) is 11.5 Å². The van der Waals surface area contributed by atoms with Crippen molar-refractivity contribution in [2.45, 2.75) is 6.92 Å². The van der Waals surface area contributed by atoms with Crippen LogP contribution in [0.2, 0.25) is 0 Å². The van der Waals surface area contributed by atoms with E-state index in [2.05, 4.69) is 10.6 Å². The fourth-order valence-corrected chi connectivity index (χ4v) is 3.17. The minimum Gasteiger partial charge on any atom is -0.454 e. The number of anilines is 1. The van der Waals surface area contributed by atoms with Crippen LogP contribution in [0.3, 0.4) is 0 Å². The lowest BCUT2D eigenvalue weighted by molar-refractivity contribution is 0.0735. The normalized spacial score (nSPS) is 15.5. The molecule has 1 saturated heterocycles. The van der Waals surface area contributed by atoms with Crippen molar-refractivity contribution in [2.24, 2.45) is 0 Å². The van der Waals surface area contributed by atoms with Crippen LogP contribution in [0.25, 0.3) is 0 Å². The van der Waals surface area contributed by atoms with Gasteiger partial charge in [0.25, 0.3) is 11.8 Å². The summed E-state index contributed by atoms with van der Waals surface area (Å²) in [7, 11) is 0. The molecule has 7 nitrogen and oxygen atoms in total. The molecule has 140 valence electrons. The molecule has 1 fully saturated rings. The van der Waals surface area contributed by atoms with Gasteiger partial charge in [-0.05, 0) is 42.8 Å². The summed E-state index contributed by atoms with van der Waals surface area (Å²) in [5, 5.41) is 6.13. The van der Waals surface area contributed by atoms with Crippen molar-refractivity contribution in [3.05, 3.63) is 53.1 Å². The minimum absolute atomic E-state index is 0.0184. The Kier molecular flexibility index (Phi) is 4.68. The van der Waals surface area contributed by atoms with Crippen molar-refractivity contribution in [3.8, 4) is 11.5 Å². The number of hydrogen-bond donors (Lipinski definition) is 2. The van der Waals surface area contributed by atoms with Gasteiger partial charge in [0.2, 0.25) is 6.79 Å². The van der Waals surface area contributed by atoms with E-state index < -0.39 is 0 Å². The molecule has 2 aliphatic rings. The number of carbonyl (C=O) groups is 2. The summed E-state index contributed by atoms with van der Waals surface area (Å²) in [6.07, 6.45) is 0. The summed E-state index contributed by atoms with van der Waals surface area (Å²) in [6.45, 7) is 5.03. The predicted octanol–water partition coefficient (Wildman–Crippen LogP) is 2.02. The Morgan fingerprint density at radius 1 is 1.00 bits per heavy atom. The number of ether oxygens (including phenoxy) is 2. The quantitative estimate of drug-likeness (QED) is 0.868. The Balaban J connectivity index is 1.53. The van der Waals surface area contributed by atoms with Crippen LogP contribution in [0.5, 0.6) is 11.5 Å². The summed E-state index contributed by atoms with van der Waals surface area (Å²) in [5.41, 5.74) is 2.56. The third kappa shape index (κ3) is 3.59. The second kappa shape index (κ2) is 7.28. The first-order chi connectivity index (χ1) is 13.1. The third-order valence-electron chi connectivity index (χ3n) is 4.77. The van der Waals surface area contributed by atoms with E-state index in [4.69, 9.17) is 9.47 Å². The maximum absolute atomic E-state index is 12.7. The average Bonchev–Trinajstić information content (AvgIpc) is 3.17. The van der Waals surface area contributed by atoms with Gasteiger partial charge in [-0.3, -0.25) is 9.59 Å². The first-order valence-corrected chi connectivity index (χ1v) is 8.93. The molecule has 0 radical (unpaired) electrons. The number of benzene rings is 2. The number of amides is 2. The highest BCUT2D eigenvalue weighted by molar-refractivity contribution is 6.06. The van der Waals surface area contributed by atoms with E-state index in [1.165, 1.54) is 0 Å². The molecule has 4 rings (SSSR count). The summed E-state index contributed by atoms with van der Waals surface area (Å²) < 4.78 is 10.6. The predicted molar refractivity (Wildman–Crippen MR) is 100 cm³/mol. The topological polar surface area (TPSA) is 79.9 Å². The van der Waals surface area contributed by atoms with E-state index in [0.29, 0.717) is 41.4 Å². The number of hydrogen-bond acceptors (Lipinski definition) is 5. The molecule has 0 atom stereocenters. The summed E-state index contributed by atoms with van der Waals surface area (Å²) in [4.78, 5) is 27.2. The molecule has 2 aliphatic heterocycles. The zero-order valence-corrected chi connectivity index (χ0v) is 15.1. The van der Waals surface area contributed by atoms with Gasteiger partial charge in [-0.15, -0.1) is 0 Å². The van der Waals surface area contributed by atoms with Gasteiger partial charge in [-0.1, -0.05) is 6.07 Å². The van der Waals surface area contributed by atoms with E-state index in [9.17, 15) is 9.59 Å². The first-order valence-electron chi connectivity index (χ1n) is 8.93. The van der Waals surface area contributed by atoms with Gasteiger partial charge < -0.3 is 25.0 Å². The van der Waals surface area contributed by atoms with Crippen LogP contribution in [0, 0.1) is 6.92 Å². The molecule has 0 saturated carbocycles. The molecule has 7 heteroatoms. The number of carbonyl (C=O) groups excluding carboxylic acids is 2. The molecule has 2 heterocycles. The lowest BCUT2D eigenvalue weighted by atomic mass is 10.1. The summed E-state index contributed by atoms with van der Waals surface area (Å²) >= 11 is 0. The van der Waals surface area contributed by atoms with Gasteiger partial charge in [-0.25, -0.2) is 0 Å². The lowest BCUT2D eigenvalue weighted by Crippen LogP contribution is -2.46. The smallest absolute Gasteiger partial charge is 0.255 e. The van der Waals surface area contributed by atoms with Crippen molar-refractivity contribution in [2.75, 3.05) is 38.3 Å². The molecular weight excluding hydrogens is 346 g/mol. The van der Waals surface area contributed by atoms with Gasteiger partial charge in [0, 0.05) is 43.0 Å². The standard InChI is InChI=1S/C20H21N3O4/c1-13-2-3-15(20(25)23-8-6-21-7-9-23)10-16(13)22-19(24)14-4-5-17-18(11-14)27-12-26-17/h2-5,10-11,21H,6-9,12H2,1H3,(H,22,24). The molecule has 0 spiro atoms. The molecule has 0 unspecified atom stereocenters. The van der Waals surface area contributed by atoms with Crippen molar-refractivity contribution >= 4 is 17.5 Å². The number of piperazine rings is 1. The van der Waals surface area contributed by atoms with Gasteiger partial charge in [0.05, 0.1) is 0 Å². The summed E-state index contributed by atoms with van der Waals surface area (Å²) in [5.74, 6) is 0.909. The number of rotatable bonds is 3. The van der Waals surface area contributed by atoms with Crippen molar-refractivity contribution in [1.82, 2.24) is 10.2 Å². The molecule has 0 bridgehead atoms. The second-order valence-corrected chi connectivity index (χ2v) is 6.59. The Morgan fingerprint density at radius 3 is 2.56 bits per heavy atom. The van der Waals surface area contributed by atoms with E-state index in [-0.39, 0.29) is 18.6 Å². The Hall–Kier alpha value is -3.06. The number of nitrogens with one attached hydrogen (secondary N) is 2. The van der Waals surface area contributed by atoms with Gasteiger partial charge in [-0.2, -0.15) is 0 Å². The molecule has 2 amide bonds. The Bertz CT molecular complexity index is 891.